The lowest BCUT2D eigenvalue weighted by Crippen LogP contribution is -2.18. The minimum absolute atomic E-state index is 0.0733. The summed E-state index contributed by atoms with van der Waals surface area (Å²) in [7, 11) is 0. The first-order valence-electron chi connectivity index (χ1n) is 6.61. The Labute approximate surface area is 126 Å². The Balaban J connectivity index is 2.17. The predicted molar refractivity (Wildman–Crippen MR) is 81.7 cm³/mol. The van der Waals surface area contributed by atoms with E-state index in [1.54, 1.807) is 12.1 Å². The normalized spacial score (nSPS) is 14.0. The van der Waals surface area contributed by atoms with Crippen LogP contribution in [0.15, 0.2) is 42.5 Å². The van der Waals surface area contributed by atoms with E-state index >= 15 is 0 Å². The third kappa shape index (κ3) is 2.52. The predicted octanol–water partition coefficient (Wildman–Crippen LogP) is 4.17. The molecule has 108 valence electrons. The van der Waals surface area contributed by atoms with Crippen molar-refractivity contribution >= 4 is 28.7 Å². The van der Waals surface area contributed by atoms with E-state index in [1.807, 2.05) is 29.2 Å². The molecule has 0 amide bonds. The van der Waals surface area contributed by atoms with Crippen molar-refractivity contribution in [2.45, 2.75) is 6.42 Å². The first-order valence-corrected chi connectivity index (χ1v) is 6.98. The van der Waals surface area contributed by atoms with E-state index in [4.69, 9.17) is 16.3 Å². The Hall–Kier alpha value is -2.27. The van der Waals surface area contributed by atoms with Crippen molar-refractivity contribution < 1.29 is 9.66 Å². The van der Waals surface area contributed by atoms with E-state index in [0.717, 1.165) is 17.9 Å². The van der Waals surface area contributed by atoms with Crippen molar-refractivity contribution in [3.8, 4) is 5.75 Å². The summed E-state index contributed by atoms with van der Waals surface area (Å²) < 4.78 is 5.69. The molecule has 3 rings (SSSR count). The second-order valence-electron chi connectivity index (χ2n) is 4.69. The summed E-state index contributed by atoms with van der Waals surface area (Å²) in [5, 5.41) is 11.5. The lowest BCUT2D eigenvalue weighted by Gasteiger charge is -2.23. The monoisotopic (exact) mass is 304 g/mol. The maximum absolute atomic E-state index is 11.3. The summed E-state index contributed by atoms with van der Waals surface area (Å²) in [5.74, 6) is 0.726. The number of halogens is 1. The van der Waals surface area contributed by atoms with Crippen LogP contribution in [-0.2, 0) is 0 Å². The number of hydrogen-bond acceptors (Lipinski definition) is 4. The highest BCUT2D eigenvalue weighted by Crippen LogP contribution is 2.42. The van der Waals surface area contributed by atoms with Gasteiger partial charge >= 0.3 is 5.69 Å². The molecule has 1 heterocycles. The summed E-state index contributed by atoms with van der Waals surface area (Å²) in [5.41, 5.74) is 1.24. The highest BCUT2D eigenvalue weighted by atomic mass is 35.5. The van der Waals surface area contributed by atoms with Gasteiger partial charge in [0.2, 0.25) is 0 Å². The molecule has 0 radical (unpaired) electrons. The summed E-state index contributed by atoms with van der Waals surface area (Å²) in [6.07, 6.45) is 0.776. The van der Waals surface area contributed by atoms with Crippen molar-refractivity contribution in [2.75, 3.05) is 18.1 Å². The summed E-state index contributed by atoms with van der Waals surface area (Å²) in [4.78, 5) is 12.8. The lowest BCUT2D eigenvalue weighted by molar-refractivity contribution is -0.383. The SMILES string of the molecule is O=[N+]([O-])c1c(Cl)cccc1N1CCCOc2ccccc21. The minimum Gasteiger partial charge on any atom is -0.491 e. The third-order valence-corrected chi connectivity index (χ3v) is 3.68. The molecule has 0 aliphatic carbocycles. The first-order chi connectivity index (χ1) is 10.2. The molecule has 1 aliphatic heterocycles. The number of para-hydroxylation sites is 3. The number of nitro groups is 1. The van der Waals surface area contributed by atoms with Crippen LogP contribution in [0.3, 0.4) is 0 Å². The van der Waals surface area contributed by atoms with Gasteiger partial charge in [0.15, 0.2) is 0 Å². The molecule has 0 saturated heterocycles. The maximum Gasteiger partial charge on any atom is 0.311 e. The second-order valence-corrected chi connectivity index (χ2v) is 5.09. The fourth-order valence-corrected chi connectivity index (χ4v) is 2.72. The molecular weight excluding hydrogens is 292 g/mol. The molecule has 0 spiro atoms. The molecule has 2 aromatic carbocycles. The number of fused-ring (bicyclic) bond motifs is 1. The van der Waals surface area contributed by atoms with Crippen LogP contribution in [0.1, 0.15) is 6.42 Å². The van der Waals surface area contributed by atoms with Gasteiger partial charge in [0.25, 0.3) is 0 Å². The fraction of sp³-hybridized carbons (Fsp3) is 0.200. The molecule has 0 unspecified atom stereocenters. The van der Waals surface area contributed by atoms with Gasteiger partial charge in [-0.1, -0.05) is 29.8 Å². The minimum atomic E-state index is -0.438. The van der Waals surface area contributed by atoms with Gasteiger partial charge < -0.3 is 9.64 Å². The van der Waals surface area contributed by atoms with Crippen LogP contribution in [0.4, 0.5) is 17.1 Å². The molecule has 0 aromatic heterocycles. The second kappa shape index (κ2) is 5.61. The van der Waals surface area contributed by atoms with Crippen LogP contribution < -0.4 is 9.64 Å². The molecule has 2 aromatic rings. The average Bonchev–Trinajstić information content (AvgIpc) is 2.68. The third-order valence-electron chi connectivity index (χ3n) is 3.38. The zero-order valence-corrected chi connectivity index (χ0v) is 11.9. The Morgan fingerprint density at radius 3 is 2.71 bits per heavy atom. The Kier molecular flexibility index (Phi) is 3.66. The van der Waals surface area contributed by atoms with Gasteiger partial charge in [0, 0.05) is 6.54 Å². The van der Waals surface area contributed by atoms with Crippen molar-refractivity contribution in [2.24, 2.45) is 0 Å². The molecule has 0 atom stereocenters. The van der Waals surface area contributed by atoms with Crippen LogP contribution >= 0.6 is 11.6 Å². The number of rotatable bonds is 2. The van der Waals surface area contributed by atoms with Crippen LogP contribution in [0, 0.1) is 10.1 Å². The van der Waals surface area contributed by atoms with Crippen molar-refractivity contribution in [3.05, 3.63) is 57.6 Å². The zero-order chi connectivity index (χ0) is 14.8. The van der Waals surface area contributed by atoms with Crippen LogP contribution in [0.2, 0.25) is 5.02 Å². The highest BCUT2D eigenvalue weighted by molar-refractivity contribution is 6.33. The molecule has 0 saturated carbocycles. The van der Waals surface area contributed by atoms with Gasteiger partial charge in [0.1, 0.15) is 16.5 Å². The number of nitrogens with zero attached hydrogens (tertiary/aromatic N) is 2. The van der Waals surface area contributed by atoms with E-state index < -0.39 is 4.92 Å². The van der Waals surface area contributed by atoms with E-state index in [2.05, 4.69) is 0 Å². The topological polar surface area (TPSA) is 55.6 Å². The highest BCUT2D eigenvalue weighted by Gasteiger charge is 2.26. The maximum atomic E-state index is 11.3. The quantitative estimate of drug-likeness (QED) is 0.617. The van der Waals surface area contributed by atoms with Gasteiger partial charge in [-0.05, 0) is 30.7 Å². The van der Waals surface area contributed by atoms with Gasteiger partial charge in [-0.15, -0.1) is 0 Å². The van der Waals surface area contributed by atoms with Crippen LogP contribution in [0.5, 0.6) is 5.75 Å². The first kappa shape index (κ1) is 13.7. The number of benzene rings is 2. The smallest absolute Gasteiger partial charge is 0.311 e. The van der Waals surface area contributed by atoms with E-state index in [-0.39, 0.29) is 10.7 Å². The van der Waals surface area contributed by atoms with Crippen LogP contribution in [0.25, 0.3) is 0 Å². The fourth-order valence-electron chi connectivity index (χ4n) is 2.48. The molecule has 0 fully saturated rings. The Morgan fingerprint density at radius 2 is 1.90 bits per heavy atom. The van der Waals surface area contributed by atoms with E-state index in [1.165, 1.54) is 6.07 Å². The van der Waals surface area contributed by atoms with E-state index in [9.17, 15) is 10.1 Å². The largest absolute Gasteiger partial charge is 0.491 e. The van der Waals surface area contributed by atoms with E-state index in [0.29, 0.717) is 18.8 Å². The van der Waals surface area contributed by atoms with Gasteiger partial charge in [-0.25, -0.2) is 0 Å². The van der Waals surface area contributed by atoms with Crippen LogP contribution in [-0.4, -0.2) is 18.1 Å². The van der Waals surface area contributed by atoms with Crippen molar-refractivity contribution in [3.63, 3.8) is 0 Å². The molecule has 1 aliphatic rings. The molecule has 21 heavy (non-hydrogen) atoms. The Morgan fingerprint density at radius 1 is 1.14 bits per heavy atom. The standard InChI is InChI=1S/C15H13ClN2O3/c16-11-5-3-7-13(15(11)18(19)20)17-9-4-10-21-14-8-2-1-6-12(14)17/h1-3,5-8H,4,9-10H2. The lowest BCUT2D eigenvalue weighted by atomic mass is 10.2. The summed E-state index contributed by atoms with van der Waals surface area (Å²) in [6.45, 7) is 1.22. The molecule has 5 nitrogen and oxygen atoms in total. The summed E-state index contributed by atoms with van der Waals surface area (Å²) >= 11 is 6.01. The van der Waals surface area contributed by atoms with Gasteiger partial charge in [-0.2, -0.15) is 0 Å². The summed E-state index contributed by atoms with van der Waals surface area (Å²) in [6, 6.07) is 12.5. The van der Waals surface area contributed by atoms with Gasteiger partial charge in [0.05, 0.1) is 17.2 Å². The number of hydrogen-bond donors (Lipinski definition) is 0. The average molecular weight is 305 g/mol. The molecule has 0 bridgehead atoms. The van der Waals surface area contributed by atoms with Crippen molar-refractivity contribution in [1.29, 1.82) is 0 Å². The molecule has 0 N–H and O–H groups in total. The van der Waals surface area contributed by atoms with Gasteiger partial charge in [-0.3, -0.25) is 10.1 Å². The van der Waals surface area contributed by atoms with Crippen molar-refractivity contribution in [1.82, 2.24) is 0 Å². The molecular formula is C15H13ClN2O3. The Bertz CT molecular complexity index is 690. The zero-order valence-electron chi connectivity index (χ0n) is 11.2. The number of ether oxygens (including phenoxy) is 1. The number of anilines is 2. The molecule has 6 heteroatoms. The number of nitro benzene ring substituents is 1.